The minimum absolute atomic E-state index is 0.296. The van der Waals surface area contributed by atoms with Crippen LogP contribution in [-0.2, 0) is 0 Å². The van der Waals surface area contributed by atoms with Gasteiger partial charge in [0.05, 0.1) is 6.04 Å². The molecule has 15 heavy (non-hydrogen) atoms. The number of hydrogen-bond donors (Lipinski definition) is 1. The smallest absolute Gasteiger partial charge is 0.0725 e. The maximum absolute atomic E-state index is 4.25. The number of aliphatic imine (C=N–C) groups is 1. The number of allylic oxidation sites excluding steroid dienone is 1. The van der Waals surface area contributed by atoms with Gasteiger partial charge in [0.15, 0.2) is 0 Å². The van der Waals surface area contributed by atoms with Crippen LogP contribution in [0.3, 0.4) is 0 Å². The summed E-state index contributed by atoms with van der Waals surface area (Å²) >= 11 is 0. The fraction of sp³-hybridized carbons (Fsp3) is 0.769. The number of hydrogen-bond acceptors (Lipinski definition) is 2. The van der Waals surface area contributed by atoms with Crippen molar-refractivity contribution in [1.82, 2.24) is 5.32 Å². The van der Waals surface area contributed by atoms with Gasteiger partial charge in [-0.2, -0.15) is 0 Å². The largest absolute Gasteiger partial charge is 0.320 e. The van der Waals surface area contributed by atoms with E-state index in [-0.39, 0.29) is 0 Å². The van der Waals surface area contributed by atoms with Gasteiger partial charge in [-0.25, -0.2) is 0 Å². The van der Waals surface area contributed by atoms with E-state index in [1.165, 1.54) is 12.0 Å². The molecule has 0 aliphatic heterocycles. The van der Waals surface area contributed by atoms with Crippen LogP contribution in [0.4, 0.5) is 0 Å². The first-order chi connectivity index (χ1) is 7.17. The number of nitrogens with one attached hydrogen (secondary N) is 1. The zero-order valence-corrected chi connectivity index (χ0v) is 10.7. The molecule has 0 saturated heterocycles. The van der Waals surface area contributed by atoms with E-state index in [1.54, 1.807) is 0 Å². The normalized spacial score (nSPS) is 16.1. The molecule has 2 atom stereocenters. The second kappa shape index (κ2) is 8.66. The Kier molecular flexibility index (Phi) is 8.30. The van der Waals surface area contributed by atoms with Crippen molar-refractivity contribution in [1.29, 1.82) is 0 Å². The summed E-state index contributed by atoms with van der Waals surface area (Å²) in [5.74, 6) is 0.572. The molecule has 0 heterocycles. The molecule has 0 aliphatic rings. The monoisotopic (exact) mass is 210 g/mol. The van der Waals surface area contributed by atoms with Crippen molar-refractivity contribution in [3.05, 3.63) is 11.6 Å². The van der Waals surface area contributed by atoms with Crippen molar-refractivity contribution in [3.8, 4) is 0 Å². The standard InChI is InChI=1S/C13H26N2/c1-6-7-8-11(2)13(15-5)12(3)9-10-14-4/h8,12-14H,5-7,9-10H2,1-4H3/b11-8+. The summed E-state index contributed by atoms with van der Waals surface area (Å²) in [5, 5.41) is 3.18. The van der Waals surface area contributed by atoms with Crippen molar-refractivity contribution in [2.45, 2.75) is 46.1 Å². The first-order valence-corrected chi connectivity index (χ1v) is 5.94. The fourth-order valence-electron chi connectivity index (χ4n) is 1.80. The van der Waals surface area contributed by atoms with Crippen molar-refractivity contribution in [3.63, 3.8) is 0 Å². The van der Waals surface area contributed by atoms with E-state index in [2.05, 4.69) is 43.9 Å². The number of unbranched alkanes of at least 4 members (excludes halogenated alkanes) is 1. The summed E-state index contributed by atoms with van der Waals surface area (Å²) in [6.07, 6.45) is 5.80. The molecule has 0 aromatic carbocycles. The molecule has 2 unspecified atom stereocenters. The van der Waals surface area contributed by atoms with E-state index in [4.69, 9.17) is 0 Å². The Morgan fingerprint density at radius 1 is 1.53 bits per heavy atom. The predicted octanol–water partition coefficient (Wildman–Crippen LogP) is 3.05. The summed E-state index contributed by atoms with van der Waals surface area (Å²) in [6, 6.07) is 0.296. The van der Waals surface area contributed by atoms with Crippen LogP contribution < -0.4 is 5.32 Å². The third kappa shape index (κ3) is 5.73. The van der Waals surface area contributed by atoms with E-state index >= 15 is 0 Å². The van der Waals surface area contributed by atoms with Crippen LogP contribution in [-0.4, -0.2) is 26.4 Å². The third-order valence-electron chi connectivity index (χ3n) is 2.81. The van der Waals surface area contributed by atoms with Gasteiger partial charge in [-0.3, -0.25) is 4.99 Å². The van der Waals surface area contributed by atoms with Crippen LogP contribution in [0.5, 0.6) is 0 Å². The molecule has 0 spiro atoms. The minimum atomic E-state index is 0.296. The van der Waals surface area contributed by atoms with Gasteiger partial charge in [-0.15, -0.1) is 0 Å². The van der Waals surface area contributed by atoms with Crippen LogP contribution in [0.15, 0.2) is 16.6 Å². The van der Waals surface area contributed by atoms with Crippen molar-refractivity contribution in [2.24, 2.45) is 10.9 Å². The molecule has 0 aromatic rings. The Morgan fingerprint density at radius 3 is 2.67 bits per heavy atom. The van der Waals surface area contributed by atoms with Crippen molar-refractivity contribution >= 4 is 6.72 Å². The van der Waals surface area contributed by atoms with Gasteiger partial charge < -0.3 is 5.32 Å². The van der Waals surface area contributed by atoms with E-state index in [9.17, 15) is 0 Å². The van der Waals surface area contributed by atoms with Crippen LogP contribution in [0.1, 0.15) is 40.0 Å². The SMILES string of the molecule is C=NC(/C(C)=C/CCC)C(C)CCNC. The average molecular weight is 210 g/mol. The lowest BCUT2D eigenvalue weighted by atomic mass is 9.92. The van der Waals surface area contributed by atoms with E-state index < -0.39 is 0 Å². The molecule has 88 valence electrons. The lowest BCUT2D eigenvalue weighted by Crippen LogP contribution is -2.21. The third-order valence-corrected chi connectivity index (χ3v) is 2.81. The molecule has 0 fully saturated rings. The molecule has 0 amide bonds. The Labute approximate surface area is 94.9 Å². The maximum atomic E-state index is 4.25. The maximum Gasteiger partial charge on any atom is 0.0725 e. The molecule has 0 saturated carbocycles. The summed E-state index contributed by atoms with van der Waals surface area (Å²) in [6.45, 7) is 11.4. The molecule has 1 N–H and O–H groups in total. The lowest BCUT2D eigenvalue weighted by molar-refractivity contribution is 0.459. The molecule has 2 nitrogen and oxygen atoms in total. The molecular formula is C13H26N2. The first-order valence-electron chi connectivity index (χ1n) is 5.94. The molecule has 0 radical (unpaired) electrons. The molecular weight excluding hydrogens is 184 g/mol. The molecule has 2 heteroatoms. The molecule has 0 bridgehead atoms. The summed E-state index contributed by atoms with van der Waals surface area (Å²) in [7, 11) is 1.99. The van der Waals surface area contributed by atoms with Crippen molar-refractivity contribution < 1.29 is 0 Å². The van der Waals surface area contributed by atoms with Crippen LogP contribution in [0, 0.1) is 5.92 Å². The summed E-state index contributed by atoms with van der Waals surface area (Å²) in [5.41, 5.74) is 1.37. The number of nitrogens with zero attached hydrogens (tertiary/aromatic N) is 1. The molecule has 0 rings (SSSR count). The first kappa shape index (κ1) is 14.4. The topological polar surface area (TPSA) is 24.4 Å². The van der Waals surface area contributed by atoms with Gasteiger partial charge in [0.1, 0.15) is 0 Å². The zero-order chi connectivity index (χ0) is 11.7. The molecule has 0 aromatic heterocycles. The summed E-state index contributed by atoms with van der Waals surface area (Å²) in [4.78, 5) is 4.25. The second-order valence-electron chi connectivity index (χ2n) is 4.23. The van der Waals surface area contributed by atoms with Crippen LogP contribution in [0.25, 0.3) is 0 Å². The highest BCUT2D eigenvalue weighted by molar-refractivity contribution is 5.27. The molecule has 0 aliphatic carbocycles. The lowest BCUT2D eigenvalue weighted by Gasteiger charge is -2.20. The highest BCUT2D eigenvalue weighted by Gasteiger charge is 2.15. The van der Waals surface area contributed by atoms with E-state index in [1.807, 2.05) is 7.05 Å². The van der Waals surface area contributed by atoms with Gasteiger partial charge in [0.25, 0.3) is 0 Å². The average Bonchev–Trinajstić information content (AvgIpc) is 2.24. The van der Waals surface area contributed by atoms with Gasteiger partial charge in [-0.05, 0) is 46.0 Å². The summed E-state index contributed by atoms with van der Waals surface area (Å²) < 4.78 is 0. The quantitative estimate of drug-likeness (QED) is 0.483. The second-order valence-corrected chi connectivity index (χ2v) is 4.23. The van der Waals surface area contributed by atoms with Crippen LogP contribution in [0.2, 0.25) is 0 Å². The predicted molar refractivity (Wildman–Crippen MR) is 69.7 cm³/mol. The Morgan fingerprint density at radius 2 is 2.20 bits per heavy atom. The van der Waals surface area contributed by atoms with Gasteiger partial charge in [0.2, 0.25) is 0 Å². The fourth-order valence-corrected chi connectivity index (χ4v) is 1.80. The Balaban J connectivity index is 4.26. The van der Waals surface area contributed by atoms with Crippen LogP contribution >= 0.6 is 0 Å². The van der Waals surface area contributed by atoms with E-state index in [0.717, 1.165) is 19.4 Å². The van der Waals surface area contributed by atoms with Gasteiger partial charge in [-0.1, -0.05) is 31.9 Å². The van der Waals surface area contributed by atoms with E-state index in [0.29, 0.717) is 12.0 Å². The zero-order valence-electron chi connectivity index (χ0n) is 10.7. The minimum Gasteiger partial charge on any atom is -0.320 e. The van der Waals surface area contributed by atoms with Crippen molar-refractivity contribution in [2.75, 3.05) is 13.6 Å². The Hall–Kier alpha value is -0.630. The Bertz CT molecular complexity index is 197. The highest BCUT2D eigenvalue weighted by Crippen LogP contribution is 2.19. The van der Waals surface area contributed by atoms with Gasteiger partial charge >= 0.3 is 0 Å². The number of rotatable bonds is 8. The highest BCUT2D eigenvalue weighted by atomic mass is 14.8. The van der Waals surface area contributed by atoms with Gasteiger partial charge in [0, 0.05) is 0 Å².